The van der Waals surface area contributed by atoms with E-state index < -0.39 is 0 Å². The number of nitrogens with one attached hydrogen (secondary N) is 1. The summed E-state index contributed by atoms with van der Waals surface area (Å²) in [5.74, 6) is 0.998. The first kappa shape index (κ1) is 16.0. The number of aromatic nitrogens is 3. The number of fused-ring (bicyclic) bond motifs is 3. The zero-order chi connectivity index (χ0) is 16.5. The van der Waals surface area contributed by atoms with Crippen molar-refractivity contribution in [2.75, 3.05) is 39.4 Å². The molecule has 0 saturated carbocycles. The number of carbonyl (C=O) groups excluding carboxylic acids is 1. The molecule has 4 aliphatic rings. The Bertz CT molecular complexity index is 586. The molecule has 8 heteroatoms. The number of piperidine rings is 3. The van der Waals surface area contributed by atoms with Gasteiger partial charge in [0.15, 0.2) is 0 Å². The summed E-state index contributed by atoms with van der Waals surface area (Å²) in [6, 6.07) is 0.491. The van der Waals surface area contributed by atoms with Gasteiger partial charge in [-0.3, -0.25) is 4.79 Å². The molecule has 1 amide bonds. The Kier molecular flexibility index (Phi) is 4.51. The Hall–Kier alpha value is -1.51. The highest BCUT2D eigenvalue weighted by molar-refractivity contribution is 5.79. The van der Waals surface area contributed by atoms with Gasteiger partial charge in [0.05, 0.1) is 51.6 Å². The normalized spacial score (nSPS) is 33.0. The minimum atomic E-state index is -0.0695. The second kappa shape index (κ2) is 6.78. The Morgan fingerprint density at radius 3 is 2.92 bits per heavy atom. The van der Waals surface area contributed by atoms with E-state index in [4.69, 9.17) is 9.84 Å². The van der Waals surface area contributed by atoms with Crippen LogP contribution in [0.15, 0.2) is 6.20 Å². The largest absolute Gasteiger partial charge is 0.390 e. The monoisotopic (exact) mass is 336 g/mol. The fourth-order valence-electron chi connectivity index (χ4n) is 4.55. The van der Waals surface area contributed by atoms with Crippen LogP contribution < -0.4 is 4.90 Å². The van der Waals surface area contributed by atoms with Gasteiger partial charge in [0, 0.05) is 25.9 Å². The molecule has 0 radical (unpaired) electrons. The summed E-state index contributed by atoms with van der Waals surface area (Å²) in [4.78, 5) is 16.4. The van der Waals surface area contributed by atoms with Gasteiger partial charge in [-0.05, 0) is 5.92 Å². The number of morpholine rings is 1. The third kappa shape index (κ3) is 3.05. The predicted octanol–water partition coefficient (Wildman–Crippen LogP) is -2.08. The Morgan fingerprint density at radius 2 is 2.25 bits per heavy atom. The molecule has 4 fully saturated rings. The molecule has 5 heterocycles. The molecule has 4 atom stereocenters. The van der Waals surface area contributed by atoms with E-state index in [0.29, 0.717) is 36.8 Å². The lowest BCUT2D eigenvalue weighted by Gasteiger charge is -2.47. The highest BCUT2D eigenvalue weighted by atomic mass is 16.5. The van der Waals surface area contributed by atoms with Crippen molar-refractivity contribution in [3.63, 3.8) is 0 Å². The molecule has 0 aromatic carbocycles. The Morgan fingerprint density at radius 1 is 1.42 bits per heavy atom. The summed E-state index contributed by atoms with van der Waals surface area (Å²) < 4.78 is 7.20. The fraction of sp³-hybridized carbons (Fsp3) is 0.812. The molecule has 4 saturated heterocycles. The molecule has 2 N–H and O–H groups in total. The van der Waals surface area contributed by atoms with Crippen LogP contribution in [0.1, 0.15) is 18.5 Å². The number of quaternary nitrogens is 1. The molecular weight excluding hydrogens is 310 g/mol. The first-order chi connectivity index (χ1) is 11.7. The number of hydrogen-bond acceptors (Lipinski definition) is 5. The van der Waals surface area contributed by atoms with Crippen LogP contribution in [0, 0.1) is 11.8 Å². The van der Waals surface area contributed by atoms with E-state index in [9.17, 15) is 4.79 Å². The zero-order valence-corrected chi connectivity index (χ0v) is 13.9. The molecule has 0 spiro atoms. The lowest BCUT2D eigenvalue weighted by Crippen LogP contribution is -3.20. The molecule has 1 aromatic heterocycles. The molecular formula is C16H26N5O3+. The van der Waals surface area contributed by atoms with Crippen LogP contribution in [0.4, 0.5) is 0 Å². The Labute approximate surface area is 141 Å². The molecule has 1 unspecified atom stereocenters. The lowest BCUT2D eigenvalue weighted by molar-refractivity contribution is -0.945. The van der Waals surface area contributed by atoms with E-state index in [0.717, 1.165) is 45.6 Å². The second-order valence-corrected chi connectivity index (χ2v) is 7.23. The first-order valence-corrected chi connectivity index (χ1v) is 8.95. The summed E-state index contributed by atoms with van der Waals surface area (Å²) in [5.41, 5.74) is 0.612. The van der Waals surface area contributed by atoms with Crippen LogP contribution in [0.5, 0.6) is 0 Å². The van der Waals surface area contributed by atoms with Crippen LogP contribution in [0.2, 0.25) is 0 Å². The molecule has 1 aromatic rings. The fourth-order valence-corrected chi connectivity index (χ4v) is 4.55. The van der Waals surface area contributed by atoms with Gasteiger partial charge in [-0.25, -0.2) is 4.68 Å². The van der Waals surface area contributed by atoms with Crippen molar-refractivity contribution in [1.29, 1.82) is 0 Å². The maximum absolute atomic E-state index is 12.9. The van der Waals surface area contributed by atoms with Crippen LogP contribution in [0.3, 0.4) is 0 Å². The summed E-state index contributed by atoms with van der Waals surface area (Å²) in [6.07, 6.45) is 4.04. The van der Waals surface area contributed by atoms with E-state index in [2.05, 4.69) is 10.3 Å². The number of amides is 1. The summed E-state index contributed by atoms with van der Waals surface area (Å²) in [7, 11) is 0. The van der Waals surface area contributed by atoms with Crippen molar-refractivity contribution >= 4 is 5.91 Å². The number of ether oxygens (including phenoxy) is 1. The van der Waals surface area contributed by atoms with Crippen LogP contribution >= 0.6 is 0 Å². The first-order valence-electron chi connectivity index (χ1n) is 8.95. The van der Waals surface area contributed by atoms with Crippen molar-refractivity contribution in [2.45, 2.75) is 32.0 Å². The van der Waals surface area contributed by atoms with E-state index in [1.54, 1.807) is 0 Å². The molecule has 4 aliphatic heterocycles. The smallest absolute Gasteiger partial charge is 0.231 e. The maximum atomic E-state index is 12.9. The summed E-state index contributed by atoms with van der Waals surface area (Å²) in [5, 5.41) is 17.2. The van der Waals surface area contributed by atoms with Gasteiger partial charge >= 0.3 is 0 Å². The lowest BCUT2D eigenvalue weighted by atomic mass is 9.75. The number of carbonyl (C=O) groups is 1. The third-order valence-electron chi connectivity index (χ3n) is 5.85. The topological polar surface area (TPSA) is 84.9 Å². The minimum Gasteiger partial charge on any atom is -0.390 e. The van der Waals surface area contributed by atoms with Crippen molar-refractivity contribution in [3.05, 3.63) is 11.9 Å². The quantitative estimate of drug-likeness (QED) is 0.659. The van der Waals surface area contributed by atoms with Gasteiger partial charge in [0.1, 0.15) is 11.7 Å². The SMILES string of the molecule is O=C([C@H]1C[NH+]2CC[C@@H]1C[C@@H]2Cn1cc(CO)nn1)N1CCOCC1. The zero-order valence-electron chi connectivity index (χ0n) is 13.9. The maximum Gasteiger partial charge on any atom is 0.231 e. The van der Waals surface area contributed by atoms with Gasteiger partial charge in [-0.2, -0.15) is 0 Å². The highest BCUT2D eigenvalue weighted by Gasteiger charge is 2.47. The van der Waals surface area contributed by atoms with Gasteiger partial charge < -0.3 is 19.6 Å². The number of aliphatic hydroxyl groups is 1. The molecule has 8 nitrogen and oxygen atoms in total. The van der Waals surface area contributed by atoms with Gasteiger partial charge in [-0.1, -0.05) is 5.21 Å². The van der Waals surface area contributed by atoms with Gasteiger partial charge in [0.25, 0.3) is 0 Å². The highest BCUT2D eigenvalue weighted by Crippen LogP contribution is 2.29. The number of aliphatic hydroxyl groups excluding tert-OH is 1. The molecule has 5 rings (SSSR count). The summed E-state index contributed by atoms with van der Waals surface area (Å²) in [6.45, 7) is 5.64. The van der Waals surface area contributed by atoms with E-state index in [-0.39, 0.29) is 12.5 Å². The van der Waals surface area contributed by atoms with Crippen molar-refractivity contribution in [2.24, 2.45) is 11.8 Å². The molecule has 132 valence electrons. The second-order valence-electron chi connectivity index (χ2n) is 7.23. The van der Waals surface area contributed by atoms with Crippen LogP contribution in [-0.4, -0.2) is 76.3 Å². The van der Waals surface area contributed by atoms with E-state index in [1.165, 1.54) is 4.90 Å². The molecule has 0 aliphatic carbocycles. The number of rotatable bonds is 4. The van der Waals surface area contributed by atoms with E-state index in [1.807, 2.05) is 15.8 Å². The summed E-state index contributed by atoms with van der Waals surface area (Å²) >= 11 is 0. The van der Waals surface area contributed by atoms with Crippen LogP contribution in [0.25, 0.3) is 0 Å². The number of nitrogens with zero attached hydrogens (tertiary/aromatic N) is 4. The van der Waals surface area contributed by atoms with Gasteiger partial charge in [-0.15, -0.1) is 5.10 Å². The Balaban J connectivity index is 1.39. The van der Waals surface area contributed by atoms with Crippen LogP contribution in [-0.2, 0) is 22.7 Å². The van der Waals surface area contributed by atoms with E-state index >= 15 is 0 Å². The third-order valence-corrected chi connectivity index (χ3v) is 5.85. The average molecular weight is 336 g/mol. The molecule has 24 heavy (non-hydrogen) atoms. The number of hydrogen-bond donors (Lipinski definition) is 2. The van der Waals surface area contributed by atoms with Crippen molar-refractivity contribution in [3.8, 4) is 0 Å². The van der Waals surface area contributed by atoms with Crippen molar-refractivity contribution in [1.82, 2.24) is 19.9 Å². The predicted molar refractivity (Wildman–Crippen MR) is 84.0 cm³/mol. The molecule has 2 bridgehead atoms. The standard InChI is InChI=1S/C16H25N5O3/c22-11-13-8-21(18-17-13)9-14-7-12-1-2-20(14)10-15(12)16(23)19-3-5-24-6-4-19/h8,12,14-15,22H,1-7,9-11H2/p+1/t12-,14-,15+/m1/s1. The van der Waals surface area contributed by atoms with Crippen molar-refractivity contribution < 1.29 is 19.5 Å². The average Bonchev–Trinajstić information content (AvgIpc) is 3.10. The minimum absolute atomic E-state index is 0.0695. The van der Waals surface area contributed by atoms with Gasteiger partial charge in [0.2, 0.25) is 5.91 Å².